The van der Waals surface area contributed by atoms with Crippen LogP contribution in [0.25, 0.3) is 0 Å². The van der Waals surface area contributed by atoms with Gasteiger partial charge < -0.3 is 11.6 Å². The molecule has 0 aliphatic rings. The molecule has 0 aromatic heterocycles. The van der Waals surface area contributed by atoms with Gasteiger partial charge in [-0.1, -0.05) is 0 Å². The van der Waals surface area contributed by atoms with E-state index in [2.05, 4.69) is 0 Å². The first-order valence-corrected chi connectivity index (χ1v) is 1.61. The van der Waals surface area contributed by atoms with Gasteiger partial charge in [0.15, 0.2) is 0 Å². The molecule has 0 aliphatic carbocycles. The molecule has 0 saturated carbocycles. The summed E-state index contributed by atoms with van der Waals surface area (Å²) in [5.41, 5.74) is 0. The van der Waals surface area contributed by atoms with Gasteiger partial charge in [0, 0.05) is 11.8 Å². The summed E-state index contributed by atoms with van der Waals surface area (Å²) in [6.45, 7) is 0. The van der Waals surface area contributed by atoms with Gasteiger partial charge in [-0.2, -0.15) is 0 Å². The fourth-order valence-electron chi connectivity index (χ4n) is 0.107. The van der Waals surface area contributed by atoms with Crippen LogP contribution < -0.4 is 51.4 Å². The molecule has 9 heavy (non-hydrogen) atoms. The maximum Gasteiger partial charge on any atom is 1.00 e. The minimum atomic E-state index is -1.44. The van der Waals surface area contributed by atoms with E-state index in [1.165, 1.54) is 11.8 Å². The van der Waals surface area contributed by atoms with Gasteiger partial charge in [0.1, 0.15) is 0 Å². The molecule has 5 heteroatoms. The third-order valence-electron chi connectivity index (χ3n) is 0.276. The van der Waals surface area contributed by atoms with Crippen molar-refractivity contribution in [1.29, 1.82) is 0 Å². The molecule has 0 amide bonds. The van der Waals surface area contributed by atoms with E-state index >= 15 is 0 Å². The van der Waals surface area contributed by atoms with Gasteiger partial charge in [0.25, 0.3) is 0 Å². The zero-order valence-electron chi connectivity index (χ0n) is 5.71. The summed E-state index contributed by atoms with van der Waals surface area (Å²) in [6, 6.07) is 0. The number of carbonyl (C=O) groups is 2. The van der Waals surface area contributed by atoms with Crippen molar-refractivity contribution in [2.75, 3.05) is 0 Å². The summed E-state index contributed by atoms with van der Waals surface area (Å²) >= 11 is 0. The van der Waals surface area contributed by atoms with Crippen molar-refractivity contribution < 1.29 is 72.6 Å². The first-order chi connectivity index (χ1) is 3.63. The van der Waals surface area contributed by atoms with E-state index in [9.17, 15) is 9.59 Å². The van der Waals surface area contributed by atoms with Crippen LogP contribution in [0.15, 0.2) is 0 Å². The summed E-state index contributed by atoms with van der Waals surface area (Å²) in [5.74, 6) is -0.0511. The van der Waals surface area contributed by atoms with E-state index in [1.54, 1.807) is 0 Å². The van der Waals surface area contributed by atoms with Gasteiger partial charge in [-0.15, -0.1) is 0 Å². The third kappa shape index (κ3) is 11.6. The number of aliphatic carboxylic acids is 2. The van der Waals surface area contributed by atoms with Crippen molar-refractivity contribution in [3.05, 3.63) is 0 Å². The smallest absolute Gasteiger partial charge is 1.00 e. The molecule has 0 radical (unpaired) electrons. The molecule has 0 aromatic rings. The van der Waals surface area contributed by atoms with Crippen LogP contribution in [0.1, 0.15) is 1.43 Å². The van der Waals surface area contributed by atoms with Crippen molar-refractivity contribution in [3.8, 4) is 11.8 Å². The fourth-order valence-corrected chi connectivity index (χ4v) is 0.107. The van der Waals surface area contributed by atoms with Gasteiger partial charge in [0.2, 0.25) is 0 Å². The van der Waals surface area contributed by atoms with E-state index < -0.39 is 11.9 Å². The van der Waals surface area contributed by atoms with Crippen LogP contribution >= 0.6 is 0 Å². The monoisotopic (exact) mass is 154 g/mol. The Hall–Kier alpha value is 0.136. The van der Waals surface area contributed by atoms with Crippen molar-refractivity contribution in [1.82, 2.24) is 0 Å². The first-order valence-electron chi connectivity index (χ1n) is 1.61. The number of carboxylic acid groups (broad SMARTS) is 2. The van der Waals surface area contributed by atoms with E-state index in [4.69, 9.17) is 10.2 Å². The Balaban J connectivity index is -0.000000245. The van der Waals surface area contributed by atoms with Crippen molar-refractivity contribution >= 4 is 11.9 Å². The van der Waals surface area contributed by atoms with Crippen molar-refractivity contribution in [2.24, 2.45) is 0 Å². The minimum Gasteiger partial charge on any atom is -1.00 e. The Morgan fingerprint density at radius 2 is 1.33 bits per heavy atom. The van der Waals surface area contributed by atoms with Crippen LogP contribution in [-0.4, -0.2) is 22.2 Å². The quantitative estimate of drug-likeness (QED) is 0.278. The van der Waals surface area contributed by atoms with Crippen LogP contribution in [0.3, 0.4) is 0 Å². The maximum absolute atomic E-state index is 9.47. The molecular formula is C4H3KO4. The molecule has 0 fully saturated rings. The van der Waals surface area contributed by atoms with Gasteiger partial charge in [-0.05, 0) is 0 Å². The molecule has 0 saturated heterocycles. The van der Waals surface area contributed by atoms with Gasteiger partial charge in [-0.3, -0.25) is 0 Å². The predicted octanol–water partition coefficient (Wildman–Crippen LogP) is -3.72. The van der Waals surface area contributed by atoms with Crippen molar-refractivity contribution in [2.45, 2.75) is 0 Å². The van der Waals surface area contributed by atoms with Gasteiger partial charge in [0.05, 0.1) is 0 Å². The fraction of sp³-hybridized carbons (Fsp3) is 0. The molecule has 0 heterocycles. The zero-order chi connectivity index (χ0) is 6.57. The van der Waals surface area contributed by atoms with Crippen LogP contribution in [-0.2, 0) is 9.59 Å². The maximum atomic E-state index is 9.47. The largest absolute Gasteiger partial charge is 1.00 e. The van der Waals surface area contributed by atoms with E-state index in [-0.39, 0.29) is 52.8 Å². The number of hydrogen-bond donors (Lipinski definition) is 2. The molecule has 0 aliphatic heterocycles. The van der Waals surface area contributed by atoms with E-state index in [0.29, 0.717) is 0 Å². The average molecular weight is 154 g/mol. The second-order valence-corrected chi connectivity index (χ2v) is 0.860. The molecule has 0 spiro atoms. The SMILES string of the molecule is O=C(O)C#CC(=O)O.[H-].[K+]. The number of carboxylic acids is 2. The molecule has 44 valence electrons. The van der Waals surface area contributed by atoms with E-state index in [0.717, 1.165) is 0 Å². The molecule has 0 atom stereocenters. The molecular weight excluding hydrogens is 151 g/mol. The first kappa shape index (κ1) is 11.9. The summed E-state index contributed by atoms with van der Waals surface area (Å²) in [4.78, 5) is 18.9. The number of rotatable bonds is 0. The molecule has 0 aromatic carbocycles. The number of hydrogen-bond acceptors (Lipinski definition) is 2. The summed E-state index contributed by atoms with van der Waals surface area (Å²) in [5, 5.41) is 15.5. The minimum absolute atomic E-state index is 0. The normalized spacial score (nSPS) is 5.78. The van der Waals surface area contributed by atoms with E-state index in [1.807, 2.05) is 0 Å². The van der Waals surface area contributed by atoms with Crippen LogP contribution in [0, 0.1) is 11.8 Å². The topological polar surface area (TPSA) is 74.6 Å². The Kier molecular flexibility index (Phi) is 8.26. The van der Waals surface area contributed by atoms with Crippen LogP contribution in [0.5, 0.6) is 0 Å². The molecule has 0 bridgehead atoms. The average Bonchev–Trinajstić information content (AvgIpc) is 1.61. The Morgan fingerprint density at radius 1 is 1.11 bits per heavy atom. The van der Waals surface area contributed by atoms with Gasteiger partial charge in [-0.25, -0.2) is 9.59 Å². The summed E-state index contributed by atoms with van der Waals surface area (Å²) in [6.07, 6.45) is 0. The summed E-state index contributed by atoms with van der Waals surface area (Å²) in [7, 11) is 0. The van der Waals surface area contributed by atoms with Crippen molar-refractivity contribution in [3.63, 3.8) is 0 Å². The van der Waals surface area contributed by atoms with Crippen LogP contribution in [0.4, 0.5) is 0 Å². The third-order valence-corrected chi connectivity index (χ3v) is 0.276. The molecule has 2 N–H and O–H groups in total. The standard InChI is InChI=1S/C4H2O4.K.H/c5-3(6)1-2-4(7)8;;/h(H,5,6)(H,7,8);;/q;+1;-1. The molecule has 0 rings (SSSR count). The Morgan fingerprint density at radius 3 is 1.44 bits per heavy atom. The zero-order valence-corrected chi connectivity index (χ0v) is 7.83. The Bertz CT molecular complexity index is 161. The second kappa shape index (κ2) is 6.26. The molecule has 4 nitrogen and oxygen atoms in total. The van der Waals surface area contributed by atoms with Crippen LogP contribution in [0.2, 0.25) is 0 Å². The second-order valence-electron chi connectivity index (χ2n) is 0.860. The molecule has 0 unspecified atom stereocenters. The summed E-state index contributed by atoms with van der Waals surface area (Å²) < 4.78 is 0. The Labute approximate surface area is 95.2 Å². The van der Waals surface area contributed by atoms with Gasteiger partial charge >= 0.3 is 63.3 Å². The predicted molar refractivity (Wildman–Crippen MR) is 24.2 cm³/mol.